The fourth-order valence-electron chi connectivity index (χ4n) is 0.821. The molecule has 0 aromatic carbocycles. The molecule has 8 heteroatoms. The van der Waals surface area contributed by atoms with Crippen LogP contribution in [-0.2, 0) is 0 Å². The molecular formula is C5H3N5O3. The summed E-state index contributed by atoms with van der Waals surface area (Å²) in [6.45, 7) is 0. The van der Waals surface area contributed by atoms with Crippen molar-refractivity contribution in [3.8, 4) is 0 Å². The second-order valence-corrected chi connectivity index (χ2v) is 2.16. The first-order valence-electron chi connectivity index (χ1n) is 3.22. The maximum absolute atomic E-state index is 11.0. The van der Waals surface area contributed by atoms with Gasteiger partial charge in [0.25, 0.3) is 11.6 Å². The van der Waals surface area contributed by atoms with Crippen LogP contribution in [-0.4, -0.2) is 35.6 Å². The Hall–Kier alpha value is -2.25. The van der Waals surface area contributed by atoms with Gasteiger partial charge in [-0.15, -0.1) is 9.61 Å². The van der Waals surface area contributed by atoms with Gasteiger partial charge in [0.15, 0.2) is 0 Å². The molecule has 0 saturated carbocycles. The molecule has 0 saturated heterocycles. The third kappa shape index (κ3) is 1.04. The van der Waals surface area contributed by atoms with Crippen LogP contribution >= 0.6 is 0 Å². The number of aromatic nitrogens is 5. The van der Waals surface area contributed by atoms with Gasteiger partial charge in [-0.2, -0.15) is 4.98 Å². The molecule has 0 aliphatic heterocycles. The van der Waals surface area contributed by atoms with Gasteiger partial charge in [-0.1, -0.05) is 0 Å². The molecule has 0 atom stereocenters. The number of hydrogen-bond acceptors (Lipinski definition) is 5. The number of aromatic carboxylic acids is 1. The first-order chi connectivity index (χ1) is 6.18. The van der Waals surface area contributed by atoms with Crippen molar-refractivity contribution in [1.82, 2.24) is 24.6 Å². The van der Waals surface area contributed by atoms with Gasteiger partial charge in [0.05, 0.1) is 0 Å². The van der Waals surface area contributed by atoms with Crippen molar-refractivity contribution in [2.45, 2.75) is 0 Å². The predicted octanol–water partition coefficient (Wildman–Crippen LogP) is -1.49. The van der Waals surface area contributed by atoms with E-state index in [-0.39, 0.29) is 5.78 Å². The quantitative estimate of drug-likeness (QED) is 0.554. The maximum Gasteiger partial charge on any atom is 0.375 e. The summed E-state index contributed by atoms with van der Waals surface area (Å²) < 4.78 is 0.781. The highest BCUT2D eigenvalue weighted by atomic mass is 16.4. The zero-order valence-electron chi connectivity index (χ0n) is 6.13. The molecule has 0 unspecified atom stereocenters. The monoisotopic (exact) mass is 181 g/mol. The van der Waals surface area contributed by atoms with Crippen molar-refractivity contribution in [1.29, 1.82) is 0 Å². The maximum atomic E-state index is 11.0. The molecule has 2 aromatic heterocycles. The molecule has 2 rings (SSSR count). The summed E-state index contributed by atoms with van der Waals surface area (Å²) in [6, 6.07) is 0. The fraction of sp³-hybridized carbons (Fsp3) is 0. The largest absolute Gasteiger partial charge is 0.475 e. The van der Waals surface area contributed by atoms with Crippen molar-refractivity contribution in [2.75, 3.05) is 0 Å². The van der Waals surface area contributed by atoms with E-state index in [1.165, 1.54) is 0 Å². The number of carbonyl (C=O) groups is 1. The van der Waals surface area contributed by atoms with Gasteiger partial charge in [0.2, 0.25) is 0 Å². The Morgan fingerprint density at radius 3 is 3.00 bits per heavy atom. The first-order valence-corrected chi connectivity index (χ1v) is 3.22. The average molecular weight is 181 g/mol. The molecular weight excluding hydrogens is 178 g/mol. The Balaban J connectivity index is 2.83. The number of fused-ring (bicyclic) bond motifs is 1. The van der Waals surface area contributed by atoms with Crippen LogP contribution in [0.4, 0.5) is 0 Å². The Morgan fingerprint density at radius 1 is 1.62 bits per heavy atom. The number of nitrogens with zero attached hydrogens (tertiary/aromatic N) is 4. The third-order valence-corrected chi connectivity index (χ3v) is 1.34. The summed E-state index contributed by atoms with van der Waals surface area (Å²) in [5.41, 5.74) is -0.579. The molecule has 2 aromatic rings. The standard InChI is InChI=1S/C5H3N5O3/c11-3(12)2-8-4-6-1-7-5(13)10(4)9-2/h1H,(H,11,12)(H,6,7,8,9,13). The molecule has 0 bridgehead atoms. The van der Waals surface area contributed by atoms with Crippen LogP contribution < -0.4 is 5.69 Å². The lowest BCUT2D eigenvalue weighted by molar-refractivity contribution is 0.0684. The smallest absolute Gasteiger partial charge is 0.375 e. The van der Waals surface area contributed by atoms with Gasteiger partial charge in [-0.05, 0) is 0 Å². The Kier molecular flexibility index (Phi) is 1.35. The lowest BCUT2D eigenvalue weighted by Gasteiger charge is -1.83. The van der Waals surface area contributed by atoms with Crippen LogP contribution in [0.25, 0.3) is 5.78 Å². The second-order valence-electron chi connectivity index (χ2n) is 2.16. The zero-order valence-corrected chi connectivity index (χ0v) is 6.13. The Labute approximate surface area is 69.9 Å². The zero-order chi connectivity index (χ0) is 9.42. The van der Waals surface area contributed by atoms with Crippen molar-refractivity contribution >= 4 is 11.7 Å². The second kappa shape index (κ2) is 2.37. The lowest BCUT2D eigenvalue weighted by atomic mass is 10.6. The first kappa shape index (κ1) is 7.40. The summed E-state index contributed by atoms with van der Waals surface area (Å²) in [7, 11) is 0. The van der Waals surface area contributed by atoms with Crippen LogP contribution in [0.5, 0.6) is 0 Å². The topological polar surface area (TPSA) is 113 Å². The van der Waals surface area contributed by atoms with Crippen LogP contribution in [0.2, 0.25) is 0 Å². The van der Waals surface area contributed by atoms with Crippen molar-refractivity contribution in [3.05, 3.63) is 22.6 Å². The van der Waals surface area contributed by atoms with E-state index in [0.717, 1.165) is 10.8 Å². The predicted molar refractivity (Wildman–Crippen MR) is 38.4 cm³/mol. The summed E-state index contributed by atoms with van der Waals surface area (Å²) in [5, 5.41) is 11.9. The number of carboxylic acid groups (broad SMARTS) is 1. The number of aromatic amines is 1. The van der Waals surface area contributed by atoms with E-state index in [0.29, 0.717) is 0 Å². The normalized spacial score (nSPS) is 10.5. The highest BCUT2D eigenvalue weighted by Gasteiger charge is 2.12. The van der Waals surface area contributed by atoms with Gasteiger partial charge < -0.3 is 5.11 Å². The minimum atomic E-state index is -1.30. The summed E-state index contributed by atoms with van der Waals surface area (Å²) >= 11 is 0. The van der Waals surface area contributed by atoms with Crippen LogP contribution in [0.3, 0.4) is 0 Å². The molecule has 2 N–H and O–H groups in total. The van der Waals surface area contributed by atoms with Gasteiger partial charge in [-0.25, -0.2) is 14.6 Å². The summed E-state index contributed by atoms with van der Waals surface area (Å²) in [4.78, 5) is 30.7. The third-order valence-electron chi connectivity index (χ3n) is 1.34. The van der Waals surface area contributed by atoms with Crippen LogP contribution in [0, 0.1) is 0 Å². The molecule has 0 spiro atoms. The Bertz CT molecular complexity index is 526. The van der Waals surface area contributed by atoms with E-state index in [1.54, 1.807) is 0 Å². The van der Waals surface area contributed by atoms with Crippen molar-refractivity contribution in [2.24, 2.45) is 0 Å². The van der Waals surface area contributed by atoms with E-state index < -0.39 is 17.5 Å². The molecule has 0 aliphatic rings. The van der Waals surface area contributed by atoms with Gasteiger partial charge in [0, 0.05) is 0 Å². The van der Waals surface area contributed by atoms with Gasteiger partial charge >= 0.3 is 11.7 Å². The van der Waals surface area contributed by atoms with Crippen LogP contribution in [0.1, 0.15) is 10.6 Å². The van der Waals surface area contributed by atoms with Gasteiger partial charge in [-0.3, -0.25) is 4.98 Å². The van der Waals surface area contributed by atoms with E-state index >= 15 is 0 Å². The van der Waals surface area contributed by atoms with E-state index in [4.69, 9.17) is 5.11 Å². The SMILES string of the molecule is O=C(O)c1nc2nc[nH]c(=O)n2n1. The number of nitrogens with one attached hydrogen (secondary N) is 1. The van der Waals surface area contributed by atoms with E-state index in [2.05, 4.69) is 20.1 Å². The average Bonchev–Trinajstić information content (AvgIpc) is 2.49. The van der Waals surface area contributed by atoms with Crippen molar-refractivity contribution < 1.29 is 9.90 Å². The van der Waals surface area contributed by atoms with Gasteiger partial charge in [0.1, 0.15) is 6.33 Å². The molecule has 0 aliphatic carbocycles. The lowest BCUT2D eigenvalue weighted by Crippen LogP contribution is -2.17. The molecule has 0 radical (unpaired) electrons. The fourth-order valence-corrected chi connectivity index (χ4v) is 0.821. The molecule has 0 fully saturated rings. The summed E-state index contributed by atoms with van der Waals surface area (Å²) in [6.07, 6.45) is 1.12. The minimum Gasteiger partial charge on any atom is -0.475 e. The molecule has 0 amide bonds. The van der Waals surface area contributed by atoms with E-state index in [1.807, 2.05) is 0 Å². The van der Waals surface area contributed by atoms with E-state index in [9.17, 15) is 9.59 Å². The number of rotatable bonds is 1. The number of carboxylic acids is 1. The highest BCUT2D eigenvalue weighted by Crippen LogP contribution is 1.91. The number of hydrogen-bond donors (Lipinski definition) is 2. The molecule has 2 heterocycles. The highest BCUT2D eigenvalue weighted by molar-refractivity contribution is 5.83. The molecule has 66 valence electrons. The number of H-pyrrole nitrogens is 1. The minimum absolute atomic E-state index is 0.0406. The van der Waals surface area contributed by atoms with Crippen LogP contribution in [0.15, 0.2) is 11.1 Å². The Morgan fingerprint density at radius 2 is 2.38 bits per heavy atom. The molecule has 13 heavy (non-hydrogen) atoms. The molecule has 8 nitrogen and oxygen atoms in total. The van der Waals surface area contributed by atoms with Crippen molar-refractivity contribution in [3.63, 3.8) is 0 Å². The summed E-state index contributed by atoms with van der Waals surface area (Å²) in [5.74, 6) is -1.80.